The predicted molar refractivity (Wildman–Crippen MR) is 98.8 cm³/mol. The maximum atomic E-state index is 12.3. The van der Waals surface area contributed by atoms with Gasteiger partial charge in [0.25, 0.3) is 0 Å². The molecule has 25 heavy (non-hydrogen) atoms. The van der Waals surface area contributed by atoms with Crippen LogP contribution in [0.5, 0.6) is 5.75 Å². The summed E-state index contributed by atoms with van der Waals surface area (Å²) in [7, 11) is 1.62. The number of furan rings is 1. The lowest BCUT2D eigenvalue weighted by Gasteiger charge is -2.13. The molecule has 3 aromatic rings. The van der Waals surface area contributed by atoms with E-state index in [0.29, 0.717) is 6.42 Å². The molecule has 130 valence electrons. The zero-order valence-corrected chi connectivity index (χ0v) is 14.6. The maximum Gasteiger partial charge on any atom is 0.224 e. The number of carbonyl (C=O) groups is 1. The topological polar surface area (TPSA) is 51.5 Å². The van der Waals surface area contributed by atoms with E-state index in [1.807, 2.05) is 43.3 Å². The number of hydrogen-bond donors (Lipinski definition) is 1. The van der Waals surface area contributed by atoms with Gasteiger partial charge in [0.1, 0.15) is 11.3 Å². The van der Waals surface area contributed by atoms with Crippen LogP contribution in [0, 0.1) is 0 Å². The Morgan fingerprint density at radius 2 is 2.00 bits per heavy atom. The normalized spacial score (nSPS) is 12.1. The molecule has 4 heteroatoms. The highest BCUT2D eigenvalue weighted by molar-refractivity contribution is 5.88. The summed E-state index contributed by atoms with van der Waals surface area (Å²) in [6.45, 7) is 2.04. The minimum absolute atomic E-state index is 0.0130. The molecule has 0 aliphatic heterocycles. The number of benzene rings is 2. The third-order valence-electron chi connectivity index (χ3n) is 4.33. The second-order valence-electron chi connectivity index (χ2n) is 6.29. The van der Waals surface area contributed by atoms with E-state index in [1.165, 1.54) is 5.56 Å². The Kier molecular flexibility index (Phi) is 5.39. The molecule has 0 aliphatic rings. The lowest BCUT2D eigenvalue weighted by molar-refractivity contribution is -0.121. The fourth-order valence-corrected chi connectivity index (χ4v) is 2.93. The monoisotopic (exact) mass is 337 g/mol. The van der Waals surface area contributed by atoms with Gasteiger partial charge in [-0.15, -0.1) is 0 Å². The fraction of sp³-hybridized carbons (Fsp3) is 0.286. The molecule has 1 aromatic heterocycles. The first-order chi connectivity index (χ1) is 12.2. The van der Waals surface area contributed by atoms with Crippen LogP contribution in [0.1, 0.15) is 24.5 Å². The van der Waals surface area contributed by atoms with Gasteiger partial charge in [-0.3, -0.25) is 4.79 Å². The van der Waals surface area contributed by atoms with Crippen LogP contribution < -0.4 is 10.1 Å². The lowest BCUT2D eigenvalue weighted by Crippen LogP contribution is -2.33. The number of ether oxygens (including phenoxy) is 1. The fourth-order valence-electron chi connectivity index (χ4n) is 2.93. The van der Waals surface area contributed by atoms with Crippen molar-refractivity contribution in [3.8, 4) is 5.75 Å². The van der Waals surface area contributed by atoms with Crippen molar-refractivity contribution in [2.45, 2.75) is 32.2 Å². The number of aryl methyl sites for hydroxylation is 1. The van der Waals surface area contributed by atoms with Crippen LogP contribution in [-0.2, 0) is 17.6 Å². The van der Waals surface area contributed by atoms with Crippen LogP contribution in [0.4, 0.5) is 0 Å². The first-order valence-electron chi connectivity index (χ1n) is 8.53. The Hall–Kier alpha value is -2.75. The molecule has 1 N–H and O–H groups in total. The number of nitrogens with one attached hydrogen (secondary N) is 1. The third kappa shape index (κ3) is 4.41. The van der Waals surface area contributed by atoms with Crippen LogP contribution in [-0.4, -0.2) is 19.1 Å². The van der Waals surface area contributed by atoms with Gasteiger partial charge in [0.2, 0.25) is 5.91 Å². The molecule has 0 bridgehead atoms. The summed E-state index contributed by atoms with van der Waals surface area (Å²) in [5.41, 5.74) is 2.92. The average molecular weight is 337 g/mol. The molecule has 0 radical (unpaired) electrons. The molecule has 3 rings (SSSR count). The number of carbonyl (C=O) groups excluding carboxylic acids is 1. The standard InChI is InChI=1S/C21H23NO3/c1-15(8-9-16-6-4-3-5-7-16)22-21(23)12-17-14-25-20-13-18(24-2)10-11-19(17)20/h3-7,10-11,13-15H,8-9,12H2,1-2H3,(H,22,23)/t15-/m0/s1. The van der Waals surface area contributed by atoms with Crippen LogP contribution in [0.15, 0.2) is 59.2 Å². The van der Waals surface area contributed by atoms with Gasteiger partial charge in [0.15, 0.2) is 0 Å². The van der Waals surface area contributed by atoms with Crippen molar-refractivity contribution < 1.29 is 13.9 Å². The highest BCUT2D eigenvalue weighted by Gasteiger charge is 2.13. The molecule has 0 saturated heterocycles. The van der Waals surface area contributed by atoms with E-state index < -0.39 is 0 Å². The summed E-state index contributed by atoms with van der Waals surface area (Å²) in [4.78, 5) is 12.3. The van der Waals surface area contributed by atoms with Crippen LogP contribution >= 0.6 is 0 Å². The molecule has 1 heterocycles. The van der Waals surface area contributed by atoms with Crippen molar-refractivity contribution in [3.05, 3.63) is 65.9 Å². The molecule has 2 aromatic carbocycles. The Morgan fingerprint density at radius 3 is 2.76 bits per heavy atom. The van der Waals surface area contributed by atoms with Crippen LogP contribution in [0.3, 0.4) is 0 Å². The van der Waals surface area contributed by atoms with E-state index in [9.17, 15) is 4.79 Å². The molecule has 4 nitrogen and oxygen atoms in total. The first kappa shape index (κ1) is 17.1. The Labute approximate surface area is 147 Å². The number of rotatable bonds is 7. The Bertz CT molecular complexity index is 839. The van der Waals surface area contributed by atoms with Crippen molar-refractivity contribution in [1.82, 2.24) is 5.32 Å². The van der Waals surface area contributed by atoms with Gasteiger partial charge in [-0.25, -0.2) is 0 Å². The van der Waals surface area contributed by atoms with Crippen molar-refractivity contribution in [2.75, 3.05) is 7.11 Å². The smallest absolute Gasteiger partial charge is 0.224 e. The number of amides is 1. The maximum absolute atomic E-state index is 12.3. The SMILES string of the molecule is COc1ccc2c(CC(=O)N[C@@H](C)CCc3ccccc3)coc2c1. The molecule has 0 saturated carbocycles. The summed E-state index contributed by atoms with van der Waals surface area (Å²) in [6, 6.07) is 16.1. The number of methoxy groups -OCH3 is 1. The van der Waals surface area contributed by atoms with Crippen molar-refractivity contribution >= 4 is 16.9 Å². The minimum Gasteiger partial charge on any atom is -0.497 e. The van der Waals surface area contributed by atoms with Crippen molar-refractivity contribution in [3.63, 3.8) is 0 Å². The molecular formula is C21H23NO3. The van der Waals surface area contributed by atoms with E-state index in [2.05, 4.69) is 17.4 Å². The largest absolute Gasteiger partial charge is 0.497 e. The lowest BCUT2D eigenvalue weighted by atomic mass is 10.1. The zero-order chi connectivity index (χ0) is 17.6. The first-order valence-corrected chi connectivity index (χ1v) is 8.53. The van der Waals surface area contributed by atoms with Gasteiger partial charge in [-0.2, -0.15) is 0 Å². The summed E-state index contributed by atoms with van der Waals surface area (Å²) < 4.78 is 10.7. The van der Waals surface area contributed by atoms with E-state index in [4.69, 9.17) is 9.15 Å². The van der Waals surface area contributed by atoms with E-state index >= 15 is 0 Å². The van der Waals surface area contributed by atoms with Gasteiger partial charge in [-0.05, 0) is 37.5 Å². The Morgan fingerprint density at radius 1 is 1.20 bits per heavy atom. The summed E-state index contributed by atoms with van der Waals surface area (Å²) in [5, 5.41) is 4.02. The molecule has 1 atom stereocenters. The predicted octanol–water partition coefficient (Wildman–Crippen LogP) is 4.12. The highest BCUT2D eigenvalue weighted by Crippen LogP contribution is 2.25. The van der Waals surface area contributed by atoms with Crippen molar-refractivity contribution in [2.24, 2.45) is 0 Å². The third-order valence-corrected chi connectivity index (χ3v) is 4.33. The molecule has 0 unspecified atom stereocenters. The van der Waals surface area contributed by atoms with E-state index in [1.54, 1.807) is 13.4 Å². The highest BCUT2D eigenvalue weighted by atomic mass is 16.5. The quantitative estimate of drug-likeness (QED) is 0.705. The second kappa shape index (κ2) is 7.88. The zero-order valence-electron chi connectivity index (χ0n) is 14.6. The number of hydrogen-bond acceptors (Lipinski definition) is 3. The Balaban J connectivity index is 1.55. The van der Waals surface area contributed by atoms with Gasteiger partial charge >= 0.3 is 0 Å². The van der Waals surface area contributed by atoms with Gasteiger partial charge in [-0.1, -0.05) is 30.3 Å². The number of fused-ring (bicyclic) bond motifs is 1. The molecule has 1 amide bonds. The summed E-state index contributed by atoms with van der Waals surface area (Å²) in [5.74, 6) is 0.756. The minimum atomic E-state index is 0.0130. The van der Waals surface area contributed by atoms with Crippen LogP contribution in [0.25, 0.3) is 11.0 Å². The second-order valence-corrected chi connectivity index (χ2v) is 6.29. The van der Waals surface area contributed by atoms with Gasteiger partial charge < -0.3 is 14.5 Å². The van der Waals surface area contributed by atoms with Crippen LogP contribution in [0.2, 0.25) is 0 Å². The van der Waals surface area contributed by atoms with E-state index in [0.717, 1.165) is 35.1 Å². The average Bonchev–Trinajstić information content (AvgIpc) is 3.02. The summed E-state index contributed by atoms with van der Waals surface area (Å²) in [6.07, 6.45) is 3.84. The molecule has 0 spiro atoms. The molecule has 0 aliphatic carbocycles. The van der Waals surface area contributed by atoms with Crippen molar-refractivity contribution in [1.29, 1.82) is 0 Å². The van der Waals surface area contributed by atoms with E-state index in [-0.39, 0.29) is 11.9 Å². The molecular weight excluding hydrogens is 314 g/mol. The van der Waals surface area contributed by atoms with Gasteiger partial charge in [0, 0.05) is 23.1 Å². The molecule has 0 fully saturated rings. The summed E-state index contributed by atoms with van der Waals surface area (Å²) >= 11 is 0. The van der Waals surface area contributed by atoms with Gasteiger partial charge in [0.05, 0.1) is 19.8 Å².